The summed E-state index contributed by atoms with van der Waals surface area (Å²) >= 11 is 0. The summed E-state index contributed by atoms with van der Waals surface area (Å²) in [5.74, 6) is 0. The maximum atomic E-state index is 2.63. The normalized spacial score (nSPS) is 11.8. The zero-order valence-corrected chi connectivity index (χ0v) is 23.5. The Hall–Kier alpha value is -4.30. The predicted molar refractivity (Wildman–Crippen MR) is 173 cm³/mol. The molecule has 0 fully saturated rings. The van der Waals surface area contributed by atoms with Crippen molar-refractivity contribution in [2.24, 2.45) is 0 Å². The van der Waals surface area contributed by atoms with Crippen molar-refractivity contribution in [2.45, 2.75) is 52.6 Å². The highest BCUT2D eigenvalue weighted by molar-refractivity contribution is 6.32. The lowest BCUT2D eigenvalue weighted by atomic mass is 9.90. The molecular weight excluding hydrogens is 484 g/mol. The molecule has 0 unspecified atom stereocenters. The third kappa shape index (κ3) is 3.78. The van der Waals surface area contributed by atoms with E-state index in [0.29, 0.717) is 0 Å². The Kier molecular flexibility index (Phi) is 6.40. The van der Waals surface area contributed by atoms with E-state index in [0.717, 1.165) is 25.9 Å². The lowest BCUT2D eigenvalue weighted by Gasteiger charge is -2.18. The molecule has 5 aromatic carbocycles. The molecule has 0 saturated heterocycles. The Morgan fingerprint density at radius 2 is 0.825 bits per heavy atom. The fraction of sp³-hybridized carbons (Fsp3) is 0.211. The van der Waals surface area contributed by atoms with Crippen molar-refractivity contribution in [3.8, 4) is 22.3 Å². The van der Waals surface area contributed by atoms with Crippen LogP contribution < -0.4 is 0 Å². The average molecular weight is 521 g/mol. The van der Waals surface area contributed by atoms with Crippen LogP contribution in [0.5, 0.6) is 0 Å². The van der Waals surface area contributed by atoms with Gasteiger partial charge in [-0.3, -0.25) is 0 Å². The first-order chi connectivity index (χ1) is 19.8. The molecule has 0 amide bonds. The van der Waals surface area contributed by atoms with E-state index in [1.807, 2.05) is 0 Å². The van der Waals surface area contributed by atoms with Crippen LogP contribution in [0.15, 0.2) is 109 Å². The largest absolute Gasteiger partial charge is 0.340 e. The van der Waals surface area contributed by atoms with Gasteiger partial charge in [-0.2, -0.15) is 0 Å². The van der Waals surface area contributed by atoms with Crippen molar-refractivity contribution in [3.63, 3.8) is 0 Å². The van der Waals surface area contributed by atoms with Crippen LogP contribution in [-0.4, -0.2) is 9.13 Å². The van der Waals surface area contributed by atoms with Gasteiger partial charge in [0.25, 0.3) is 0 Å². The standard InChI is InChI=1S/C38H36N2/c1-3-5-25-39-31-23-15-13-21-29(31)35-34(28-19-11-8-12-20-28)38-36(33(37(35)39)27-17-9-7-10-18-27)30-22-14-16-24-32(30)40(38)26-6-4-2/h7-24H,3-6,25-26H2,1-2H3. The number of aryl methyl sites for hydroxylation is 2. The van der Waals surface area contributed by atoms with Crippen LogP contribution in [0.3, 0.4) is 0 Å². The summed E-state index contributed by atoms with van der Waals surface area (Å²) < 4.78 is 5.25. The summed E-state index contributed by atoms with van der Waals surface area (Å²) in [6, 6.07) is 40.4. The van der Waals surface area contributed by atoms with E-state index < -0.39 is 0 Å². The van der Waals surface area contributed by atoms with E-state index in [2.05, 4.69) is 132 Å². The van der Waals surface area contributed by atoms with E-state index in [4.69, 9.17) is 0 Å². The van der Waals surface area contributed by atoms with Crippen molar-refractivity contribution in [2.75, 3.05) is 0 Å². The Morgan fingerprint density at radius 1 is 0.450 bits per heavy atom. The molecule has 0 N–H and O–H groups in total. The minimum Gasteiger partial charge on any atom is -0.340 e. The molecule has 0 saturated carbocycles. The van der Waals surface area contributed by atoms with Gasteiger partial charge < -0.3 is 9.13 Å². The van der Waals surface area contributed by atoms with Crippen LogP contribution in [0.1, 0.15) is 39.5 Å². The van der Waals surface area contributed by atoms with Gasteiger partial charge in [0.05, 0.1) is 11.0 Å². The summed E-state index contributed by atoms with van der Waals surface area (Å²) in [6.45, 7) is 6.60. The Bertz CT molecular complexity index is 1810. The third-order valence-electron chi connectivity index (χ3n) is 8.51. The molecule has 2 heteroatoms. The molecule has 0 aliphatic carbocycles. The van der Waals surface area contributed by atoms with Gasteiger partial charge in [-0.1, -0.05) is 124 Å². The fourth-order valence-corrected chi connectivity index (χ4v) is 6.74. The zero-order valence-electron chi connectivity index (χ0n) is 23.5. The summed E-state index contributed by atoms with van der Waals surface area (Å²) in [4.78, 5) is 0. The fourth-order valence-electron chi connectivity index (χ4n) is 6.74. The van der Waals surface area contributed by atoms with Gasteiger partial charge in [-0.05, 0) is 36.1 Å². The first-order valence-electron chi connectivity index (χ1n) is 14.9. The number of hydrogen-bond donors (Lipinski definition) is 0. The molecule has 7 aromatic rings. The minimum atomic E-state index is 1.01. The molecule has 0 radical (unpaired) electrons. The highest BCUT2D eigenvalue weighted by Gasteiger charge is 2.27. The van der Waals surface area contributed by atoms with Crippen LogP contribution in [0.2, 0.25) is 0 Å². The maximum Gasteiger partial charge on any atom is 0.0585 e. The molecule has 0 atom stereocenters. The van der Waals surface area contributed by atoms with Crippen LogP contribution >= 0.6 is 0 Å². The number of benzene rings is 5. The number of unbranched alkanes of at least 4 members (excludes halogenated alkanes) is 2. The minimum absolute atomic E-state index is 1.01. The summed E-state index contributed by atoms with van der Waals surface area (Å²) in [5.41, 5.74) is 10.7. The van der Waals surface area contributed by atoms with E-state index in [1.54, 1.807) is 0 Å². The van der Waals surface area contributed by atoms with Gasteiger partial charge in [0.15, 0.2) is 0 Å². The number of para-hydroxylation sites is 2. The summed E-state index contributed by atoms with van der Waals surface area (Å²) in [6.07, 6.45) is 4.63. The first kappa shape index (κ1) is 24.7. The van der Waals surface area contributed by atoms with Crippen LogP contribution in [0.4, 0.5) is 0 Å². The summed E-state index contributed by atoms with van der Waals surface area (Å²) in [7, 11) is 0. The van der Waals surface area contributed by atoms with Crippen molar-refractivity contribution in [1.82, 2.24) is 9.13 Å². The molecule has 0 aliphatic rings. The number of aromatic nitrogens is 2. The van der Waals surface area contributed by atoms with Crippen LogP contribution in [0, 0.1) is 0 Å². The number of rotatable bonds is 8. The summed E-state index contributed by atoms with van der Waals surface area (Å²) in [5, 5.41) is 5.45. The van der Waals surface area contributed by atoms with Crippen LogP contribution in [-0.2, 0) is 13.1 Å². The number of hydrogen-bond acceptors (Lipinski definition) is 0. The topological polar surface area (TPSA) is 9.86 Å². The molecule has 198 valence electrons. The maximum absolute atomic E-state index is 2.63. The van der Waals surface area contributed by atoms with Gasteiger partial charge in [-0.25, -0.2) is 0 Å². The Balaban J connectivity index is 1.83. The van der Waals surface area contributed by atoms with E-state index >= 15 is 0 Å². The first-order valence-corrected chi connectivity index (χ1v) is 14.9. The Labute approximate surface area is 236 Å². The smallest absolute Gasteiger partial charge is 0.0585 e. The molecule has 40 heavy (non-hydrogen) atoms. The molecule has 0 aliphatic heterocycles. The van der Waals surface area contributed by atoms with Crippen molar-refractivity contribution in [3.05, 3.63) is 109 Å². The van der Waals surface area contributed by atoms with Gasteiger partial charge in [-0.15, -0.1) is 0 Å². The highest BCUT2D eigenvalue weighted by atomic mass is 15.0. The van der Waals surface area contributed by atoms with Gasteiger partial charge >= 0.3 is 0 Å². The van der Waals surface area contributed by atoms with Gasteiger partial charge in [0.1, 0.15) is 0 Å². The van der Waals surface area contributed by atoms with Crippen LogP contribution in [0.25, 0.3) is 65.9 Å². The second kappa shape index (κ2) is 10.4. The van der Waals surface area contributed by atoms with Crippen molar-refractivity contribution in [1.29, 1.82) is 0 Å². The van der Waals surface area contributed by atoms with Crippen molar-refractivity contribution >= 4 is 43.6 Å². The molecule has 2 aromatic heterocycles. The zero-order chi connectivity index (χ0) is 27.1. The highest BCUT2D eigenvalue weighted by Crippen LogP contribution is 2.50. The van der Waals surface area contributed by atoms with Gasteiger partial charge in [0.2, 0.25) is 0 Å². The lowest BCUT2D eigenvalue weighted by molar-refractivity contribution is 0.664. The van der Waals surface area contributed by atoms with E-state index in [1.165, 1.54) is 78.7 Å². The molecule has 2 heterocycles. The molecule has 0 bridgehead atoms. The number of fused-ring (bicyclic) bond motifs is 6. The molecule has 2 nitrogen and oxygen atoms in total. The SMILES string of the molecule is CCCCn1c2ccccc2c2c(-c3ccccc3)c3c(c(-c4ccccc4)c21)c1ccccc1n3CCCC. The lowest BCUT2D eigenvalue weighted by Crippen LogP contribution is -2.02. The third-order valence-corrected chi connectivity index (χ3v) is 8.51. The number of nitrogens with zero attached hydrogens (tertiary/aromatic N) is 2. The second-order valence-electron chi connectivity index (χ2n) is 11.0. The van der Waals surface area contributed by atoms with Gasteiger partial charge in [0, 0.05) is 56.8 Å². The Morgan fingerprint density at radius 3 is 1.23 bits per heavy atom. The molecule has 0 spiro atoms. The molecular formula is C38H36N2. The molecule has 7 rings (SSSR count). The van der Waals surface area contributed by atoms with Crippen molar-refractivity contribution < 1.29 is 0 Å². The average Bonchev–Trinajstić information content (AvgIpc) is 3.51. The predicted octanol–water partition coefficient (Wildman–Crippen LogP) is 10.8. The van der Waals surface area contributed by atoms with E-state index in [9.17, 15) is 0 Å². The monoisotopic (exact) mass is 520 g/mol. The quantitative estimate of drug-likeness (QED) is 0.189. The van der Waals surface area contributed by atoms with E-state index in [-0.39, 0.29) is 0 Å². The second-order valence-corrected chi connectivity index (χ2v) is 11.0.